The van der Waals surface area contributed by atoms with Gasteiger partial charge in [0.05, 0.1) is 0 Å². The minimum Gasteiger partial charge on any atom is -0.323 e. The predicted molar refractivity (Wildman–Crippen MR) is 104 cm³/mol. The van der Waals surface area contributed by atoms with Crippen molar-refractivity contribution in [2.45, 2.75) is 75.8 Å². The number of barbiturate groups is 1. The Morgan fingerprint density at radius 1 is 0.967 bits per heavy atom. The Morgan fingerprint density at radius 3 is 2.17 bits per heavy atom. The smallest absolute Gasteiger partial charge is 0.323 e. The van der Waals surface area contributed by atoms with Crippen LogP contribution in [0.25, 0.3) is 0 Å². The van der Waals surface area contributed by atoms with Crippen molar-refractivity contribution in [2.24, 2.45) is 11.3 Å². The number of hydrogen-bond acceptors (Lipinski definition) is 5. The van der Waals surface area contributed by atoms with E-state index in [4.69, 9.17) is 0 Å². The fourth-order valence-electron chi connectivity index (χ4n) is 6.18. The summed E-state index contributed by atoms with van der Waals surface area (Å²) in [4.78, 5) is 65.9. The number of hydrogen-bond donors (Lipinski definition) is 1. The fraction of sp³-hybridized carbons (Fsp3) is 0.762. The highest BCUT2D eigenvalue weighted by atomic mass is 16.2. The molecule has 2 heterocycles. The van der Waals surface area contributed by atoms with E-state index < -0.39 is 11.6 Å². The molecule has 2 aliphatic heterocycles. The minimum atomic E-state index is -0.762. The molecule has 5 fully saturated rings. The Bertz CT molecular complexity index is 834. The van der Waals surface area contributed by atoms with Gasteiger partial charge >= 0.3 is 12.1 Å². The van der Waals surface area contributed by atoms with Crippen LogP contribution in [0.3, 0.4) is 0 Å². The lowest BCUT2D eigenvalue weighted by Crippen LogP contribution is -2.64. The summed E-state index contributed by atoms with van der Waals surface area (Å²) in [7, 11) is 1.50. The van der Waals surface area contributed by atoms with Crippen LogP contribution in [0.2, 0.25) is 0 Å². The summed E-state index contributed by atoms with van der Waals surface area (Å²) in [5.41, 5.74) is -0.782. The standard InChI is InChI=1S/C21H28N4O5/c1-23-17(28)21(22-18(23)29)11-20(12-21)7-5-14(6-8-20)25-16(27)9-15(26)24(19(25)30)10-13-3-2-4-13/h13-14H,2-12H2,1H3,(H,22,29). The normalized spacial score (nSPS) is 37.2. The molecule has 5 rings (SSSR count). The molecule has 3 saturated carbocycles. The Balaban J connectivity index is 1.23. The largest absolute Gasteiger partial charge is 0.333 e. The third kappa shape index (κ3) is 2.77. The van der Waals surface area contributed by atoms with Gasteiger partial charge in [-0.2, -0.15) is 0 Å². The number of carbonyl (C=O) groups is 5. The van der Waals surface area contributed by atoms with Crippen molar-refractivity contribution in [2.75, 3.05) is 13.6 Å². The average Bonchev–Trinajstić information content (AvgIpc) is 2.85. The maximum atomic E-state index is 13.0. The molecule has 30 heavy (non-hydrogen) atoms. The molecule has 1 N–H and O–H groups in total. The fourth-order valence-corrected chi connectivity index (χ4v) is 6.18. The SMILES string of the molecule is CN1C(=O)NC2(CC3(CCC(N4C(=O)CC(=O)N(CC5CCC5)C4=O)CC3)C2)C1=O. The Hall–Kier alpha value is -2.45. The van der Waals surface area contributed by atoms with Crippen LogP contribution in [0, 0.1) is 11.3 Å². The van der Waals surface area contributed by atoms with Crippen LogP contribution in [0.5, 0.6) is 0 Å². The number of nitrogens with zero attached hydrogens (tertiary/aromatic N) is 3. The second-order valence-electron chi connectivity index (χ2n) is 9.99. The Morgan fingerprint density at radius 2 is 1.63 bits per heavy atom. The van der Waals surface area contributed by atoms with Crippen LogP contribution < -0.4 is 5.32 Å². The first-order chi connectivity index (χ1) is 14.2. The molecule has 5 aliphatic rings. The van der Waals surface area contributed by atoms with Crippen molar-refractivity contribution in [1.29, 1.82) is 0 Å². The van der Waals surface area contributed by atoms with Crippen molar-refractivity contribution in [3.8, 4) is 0 Å². The molecule has 0 aromatic carbocycles. The molecule has 162 valence electrons. The first-order valence-electron chi connectivity index (χ1n) is 11.0. The van der Waals surface area contributed by atoms with Crippen LogP contribution in [-0.2, 0) is 14.4 Å². The van der Waals surface area contributed by atoms with E-state index in [-0.39, 0.29) is 41.6 Å². The van der Waals surface area contributed by atoms with Gasteiger partial charge < -0.3 is 5.32 Å². The highest BCUT2D eigenvalue weighted by Gasteiger charge is 2.64. The summed E-state index contributed by atoms with van der Waals surface area (Å²) in [6.45, 7) is 0.427. The van der Waals surface area contributed by atoms with Gasteiger partial charge in [-0.05, 0) is 62.7 Å². The van der Waals surface area contributed by atoms with Gasteiger partial charge in [-0.1, -0.05) is 6.42 Å². The molecule has 0 radical (unpaired) electrons. The summed E-state index contributed by atoms with van der Waals surface area (Å²) in [5.74, 6) is -0.556. The zero-order chi connectivity index (χ0) is 21.3. The van der Waals surface area contributed by atoms with Gasteiger partial charge in [-0.3, -0.25) is 29.1 Å². The molecular formula is C21H28N4O5. The molecule has 2 spiro atoms. The predicted octanol–water partition coefficient (Wildman–Crippen LogP) is 1.61. The third-order valence-corrected chi connectivity index (χ3v) is 8.07. The molecule has 0 bridgehead atoms. The Labute approximate surface area is 175 Å². The van der Waals surface area contributed by atoms with E-state index in [0.29, 0.717) is 38.1 Å². The zero-order valence-electron chi connectivity index (χ0n) is 17.3. The summed E-state index contributed by atoms with van der Waals surface area (Å²) < 4.78 is 0. The summed E-state index contributed by atoms with van der Waals surface area (Å²) in [5, 5.41) is 2.84. The number of imide groups is 3. The van der Waals surface area contributed by atoms with Gasteiger partial charge in [0.15, 0.2) is 0 Å². The van der Waals surface area contributed by atoms with Gasteiger partial charge in [0.2, 0.25) is 11.8 Å². The lowest BCUT2D eigenvalue weighted by atomic mass is 9.51. The molecule has 9 heteroatoms. The number of rotatable bonds is 3. The minimum absolute atomic E-state index is 0.0199. The summed E-state index contributed by atoms with van der Waals surface area (Å²) >= 11 is 0. The summed E-state index contributed by atoms with van der Waals surface area (Å²) in [6.07, 6.45) is 7.18. The molecule has 0 aromatic heterocycles. The van der Waals surface area contributed by atoms with Crippen LogP contribution in [0.1, 0.15) is 64.2 Å². The van der Waals surface area contributed by atoms with Gasteiger partial charge in [-0.15, -0.1) is 0 Å². The number of amides is 7. The van der Waals surface area contributed by atoms with E-state index >= 15 is 0 Å². The second kappa shape index (κ2) is 6.52. The van der Waals surface area contributed by atoms with E-state index in [9.17, 15) is 24.0 Å². The van der Waals surface area contributed by atoms with Crippen molar-refractivity contribution in [1.82, 2.24) is 20.0 Å². The molecule has 0 atom stereocenters. The number of carbonyl (C=O) groups excluding carboxylic acids is 5. The monoisotopic (exact) mass is 416 g/mol. The van der Waals surface area contributed by atoms with Crippen molar-refractivity contribution in [3.05, 3.63) is 0 Å². The maximum absolute atomic E-state index is 13.0. The molecule has 7 amide bonds. The van der Waals surface area contributed by atoms with Crippen LogP contribution in [0.15, 0.2) is 0 Å². The first kappa shape index (κ1) is 19.5. The number of urea groups is 2. The van der Waals surface area contributed by atoms with E-state index in [2.05, 4.69) is 5.32 Å². The van der Waals surface area contributed by atoms with Crippen LogP contribution >= 0.6 is 0 Å². The molecule has 9 nitrogen and oxygen atoms in total. The zero-order valence-corrected chi connectivity index (χ0v) is 17.3. The summed E-state index contributed by atoms with van der Waals surface area (Å²) in [6, 6.07) is -0.987. The molecular weight excluding hydrogens is 388 g/mol. The van der Waals surface area contributed by atoms with Gasteiger partial charge in [-0.25, -0.2) is 9.59 Å². The number of nitrogens with one attached hydrogen (secondary N) is 1. The average molecular weight is 416 g/mol. The second-order valence-corrected chi connectivity index (χ2v) is 9.99. The molecule has 3 aliphatic carbocycles. The van der Waals surface area contributed by atoms with Gasteiger partial charge in [0, 0.05) is 19.6 Å². The van der Waals surface area contributed by atoms with E-state index in [1.807, 2.05) is 0 Å². The van der Waals surface area contributed by atoms with Gasteiger partial charge in [0.25, 0.3) is 5.91 Å². The molecule has 0 aromatic rings. The Kier molecular flexibility index (Phi) is 4.24. The van der Waals surface area contributed by atoms with E-state index in [0.717, 1.165) is 37.0 Å². The highest BCUT2D eigenvalue weighted by molar-refractivity contribution is 6.14. The van der Waals surface area contributed by atoms with Crippen molar-refractivity contribution >= 4 is 29.8 Å². The molecule has 0 unspecified atom stereocenters. The van der Waals surface area contributed by atoms with Crippen molar-refractivity contribution in [3.63, 3.8) is 0 Å². The van der Waals surface area contributed by atoms with Crippen LogP contribution in [-0.4, -0.2) is 69.7 Å². The quantitative estimate of drug-likeness (QED) is 0.556. The van der Waals surface area contributed by atoms with E-state index in [1.165, 1.54) is 16.8 Å². The molecule has 2 saturated heterocycles. The van der Waals surface area contributed by atoms with Crippen molar-refractivity contribution < 1.29 is 24.0 Å². The lowest BCUT2D eigenvalue weighted by Gasteiger charge is -2.56. The first-order valence-corrected chi connectivity index (χ1v) is 11.0. The van der Waals surface area contributed by atoms with Gasteiger partial charge in [0.1, 0.15) is 12.0 Å². The van der Waals surface area contributed by atoms with Crippen LogP contribution in [0.4, 0.5) is 9.59 Å². The third-order valence-electron chi connectivity index (χ3n) is 8.07. The highest BCUT2D eigenvalue weighted by Crippen LogP contribution is 2.58. The maximum Gasteiger partial charge on any atom is 0.333 e. The lowest BCUT2D eigenvalue weighted by molar-refractivity contribution is -0.146. The topological polar surface area (TPSA) is 107 Å². The van der Waals surface area contributed by atoms with E-state index in [1.54, 1.807) is 0 Å². The number of likely N-dealkylation sites (N-methyl/N-ethyl adjacent to an activating group) is 1.